The summed E-state index contributed by atoms with van der Waals surface area (Å²) in [6.45, 7) is 17.5. The Hall–Kier alpha value is -3.84. The Morgan fingerprint density at radius 2 is 1.90 bits per heavy atom. The SMILES string of the molecule is C=C/C(=C\C=C/C)NC.Cc1cc2c(c(C(C)OC(C)(C)C)c1-c1ccc3c(c1)CCCO3)CCCN2C=O.O=CO. The zero-order chi connectivity index (χ0) is 31.3. The number of rotatable bonds is 7. The topological polar surface area (TPSA) is 88.1 Å². The van der Waals surface area contributed by atoms with E-state index >= 15 is 0 Å². The van der Waals surface area contributed by atoms with E-state index < -0.39 is 0 Å². The lowest BCUT2D eigenvalue weighted by molar-refractivity contribution is -0.122. The van der Waals surface area contributed by atoms with Gasteiger partial charge in [0.15, 0.2) is 0 Å². The van der Waals surface area contributed by atoms with E-state index in [0.29, 0.717) is 0 Å². The summed E-state index contributed by atoms with van der Waals surface area (Å²) in [5.41, 5.74) is 9.21. The molecule has 2 N–H and O–H groups in total. The van der Waals surface area contributed by atoms with Gasteiger partial charge >= 0.3 is 0 Å². The normalized spacial score (nSPS) is 15.0. The van der Waals surface area contributed by atoms with Crippen LogP contribution >= 0.6 is 0 Å². The summed E-state index contributed by atoms with van der Waals surface area (Å²) in [5, 5.41) is 9.87. The summed E-state index contributed by atoms with van der Waals surface area (Å²) < 4.78 is 12.3. The first-order chi connectivity index (χ1) is 20.0. The van der Waals surface area contributed by atoms with Gasteiger partial charge in [-0.2, -0.15) is 0 Å². The van der Waals surface area contributed by atoms with Gasteiger partial charge in [0.1, 0.15) is 5.75 Å². The predicted octanol–water partition coefficient (Wildman–Crippen LogP) is 7.32. The molecule has 0 aliphatic carbocycles. The first-order valence-electron chi connectivity index (χ1n) is 14.6. The standard InChI is InChI=1S/C26H33NO3.C8H13N.CH2O2/c1-17-14-22-21(9-6-12-27(22)16-28)25(18(2)30-26(3,4)5)24(17)20-10-11-23-19(15-20)8-7-13-29-23;1-4-6-7-8(5-2)9-3;2-1-3/h10-11,14-16,18H,6-9,12-13H2,1-5H3;4-7,9H,2H2,1,3H3;1H,(H,2,3)/b;6-4-,8-7+;. The number of carbonyl (C=O) groups excluding carboxylic acids is 1. The van der Waals surface area contributed by atoms with Crippen LogP contribution in [0.2, 0.25) is 0 Å². The van der Waals surface area contributed by atoms with Crippen molar-refractivity contribution >= 4 is 18.6 Å². The smallest absolute Gasteiger partial charge is 0.290 e. The molecule has 2 heterocycles. The fourth-order valence-electron chi connectivity index (χ4n) is 5.43. The number of allylic oxidation sites excluding steroid dienone is 4. The van der Waals surface area contributed by atoms with Crippen LogP contribution in [0, 0.1) is 6.92 Å². The van der Waals surface area contributed by atoms with E-state index in [0.717, 1.165) is 62.4 Å². The van der Waals surface area contributed by atoms with Crippen molar-refractivity contribution in [3.05, 3.63) is 83.1 Å². The highest BCUT2D eigenvalue weighted by Gasteiger charge is 2.29. The van der Waals surface area contributed by atoms with Gasteiger partial charge in [0.25, 0.3) is 6.47 Å². The number of likely N-dealkylation sites (N-methyl/N-ethyl adjacent to an activating group) is 1. The number of hydrogen-bond donors (Lipinski definition) is 2. The average Bonchev–Trinajstić information content (AvgIpc) is 2.96. The number of hydrogen-bond acceptors (Lipinski definition) is 5. The molecule has 7 nitrogen and oxygen atoms in total. The van der Waals surface area contributed by atoms with Crippen LogP contribution in [-0.2, 0) is 27.2 Å². The number of amides is 1. The molecule has 7 heteroatoms. The zero-order valence-electron chi connectivity index (χ0n) is 26.3. The fraction of sp³-hybridized carbons (Fsp3) is 0.429. The van der Waals surface area contributed by atoms with Crippen LogP contribution in [0.1, 0.15) is 75.8 Å². The number of aryl methyl sites for hydroxylation is 2. The van der Waals surface area contributed by atoms with Gasteiger partial charge in [-0.3, -0.25) is 9.59 Å². The molecular formula is C35H48N2O5. The van der Waals surface area contributed by atoms with Crippen molar-refractivity contribution in [1.82, 2.24) is 5.32 Å². The Morgan fingerprint density at radius 1 is 1.19 bits per heavy atom. The second-order valence-electron chi connectivity index (χ2n) is 11.2. The van der Waals surface area contributed by atoms with Crippen molar-refractivity contribution in [3.8, 4) is 16.9 Å². The number of nitrogens with zero attached hydrogens (tertiary/aromatic N) is 1. The monoisotopic (exact) mass is 576 g/mol. The third kappa shape index (κ3) is 9.35. The van der Waals surface area contributed by atoms with Crippen molar-refractivity contribution in [2.45, 2.75) is 78.9 Å². The van der Waals surface area contributed by atoms with Crippen molar-refractivity contribution in [2.24, 2.45) is 0 Å². The molecule has 0 radical (unpaired) electrons. The van der Waals surface area contributed by atoms with Crippen LogP contribution in [0.15, 0.2) is 60.8 Å². The van der Waals surface area contributed by atoms with Gasteiger partial charge in [0.05, 0.1) is 18.3 Å². The van der Waals surface area contributed by atoms with E-state index in [1.807, 2.05) is 37.1 Å². The van der Waals surface area contributed by atoms with E-state index in [2.05, 4.69) is 70.8 Å². The number of ether oxygens (including phenoxy) is 2. The molecule has 4 rings (SSSR count). The van der Waals surface area contributed by atoms with Gasteiger partial charge in [-0.25, -0.2) is 0 Å². The van der Waals surface area contributed by atoms with E-state index in [1.165, 1.54) is 33.4 Å². The molecule has 228 valence electrons. The first kappa shape index (κ1) is 34.4. The minimum atomic E-state index is -0.254. The van der Waals surface area contributed by atoms with Gasteiger partial charge < -0.3 is 24.8 Å². The highest BCUT2D eigenvalue weighted by molar-refractivity contribution is 5.85. The minimum Gasteiger partial charge on any atom is -0.493 e. The molecule has 1 unspecified atom stereocenters. The third-order valence-corrected chi connectivity index (χ3v) is 7.02. The molecule has 0 spiro atoms. The van der Waals surface area contributed by atoms with Gasteiger partial charge in [0, 0.05) is 25.0 Å². The third-order valence-electron chi connectivity index (χ3n) is 7.02. The molecule has 2 aliphatic heterocycles. The Morgan fingerprint density at radius 3 is 2.50 bits per heavy atom. The Labute approximate surface area is 251 Å². The molecule has 1 amide bonds. The summed E-state index contributed by atoms with van der Waals surface area (Å²) in [7, 11) is 1.87. The lowest BCUT2D eigenvalue weighted by atomic mass is 9.83. The van der Waals surface area contributed by atoms with E-state index in [-0.39, 0.29) is 18.2 Å². The van der Waals surface area contributed by atoms with Crippen LogP contribution in [0.4, 0.5) is 5.69 Å². The largest absolute Gasteiger partial charge is 0.493 e. The van der Waals surface area contributed by atoms with E-state index in [9.17, 15) is 4.79 Å². The van der Waals surface area contributed by atoms with Crippen molar-refractivity contribution in [3.63, 3.8) is 0 Å². The van der Waals surface area contributed by atoms with Crippen molar-refractivity contribution in [1.29, 1.82) is 0 Å². The van der Waals surface area contributed by atoms with Gasteiger partial charge in [0.2, 0.25) is 6.41 Å². The summed E-state index contributed by atoms with van der Waals surface area (Å²) in [6.07, 6.45) is 12.6. The van der Waals surface area contributed by atoms with Gasteiger partial charge in [-0.15, -0.1) is 0 Å². The van der Waals surface area contributed by atoms with Crippen molar-refractivity contribution in [2.75, 3.05) is 25.1 Å². The molecule has 0 fully saturated rings. The summed E-state index contributed by atoms with van der Waals surface area (Å²) in [4.78, 5) is 22.0. The number of carbonyl (C=O) groups is 2. The minimum absolute atomic E-state index is 0.0764. The zero-order valence-corrected chi connectivity index (χ0v) is 26.3. The molecule has 42 heavy (non-hydrogen) atoms. The molecule has 1 atom stereocenters. The van der Waals surface area contributed by atoms with Gasteiger partial charge in [-0.05, 0) is 131 Å². The second-order valence-corrected chi connectivity index (χ2v) is 11.2. The molecule has 0 saturated carbocycles. The lowest BCUT2D eigenvalue weighted by Crippen LogP contribution is -2.30. The highest BCUT2D eigenvalue weighted by Crippen LogP contribution is 2.44. The highest BCUT2D eigenvalue weighted by atomic mass is 16.5. The van der Waals surface area contributed by atoms with Crippen LogP contribution in [0.5, 0.6) is 5.75 Å². The predicted molar refractivity (Wildman–Crippen MR) is 172 cm³/mol. The maximum absolute atomic E-state index is 11.7. The lowest BCUT2D eigenvalue weighted by Gasteiger charge is -2.34. The van der Waals surface area contributed by atoms with E-state index in [4.69, 9.17) is 19.4 Å². The summed E-state index contributed by atoms with van der Waals surface area (Å²) in [6, 6.07) is 8.75. The summed E-state index contributed by atoms with van der Waals surface area (Å²) >= 11 is 0. The fourth-order valence-corrected chi connectivity index (χ4v) is 5.43. The van der Waals surface area contributed by atoms with Crippen LogP contribution in [-0.4, -0.2) is 43.8 Å². The maximum atomic E-state index is 11.7. The number of fused-ring (bicyclic) bond motifs is 2. The molecule has 2 aromatic rings. The van der Waals surface area contributed by atoms with Gasteiger partial charge in [-0.1, -0.05) is 24.8 Å². The van der Waals surface area contributed by atoms with Crippen molar-refractivity contribution < 1.29 is 24.2 Å². The van der Waals surface area contributed by atoms with Crippen LogP contribution in [0.25, 0.3) is 11.1 Å². The number of benzene rings is 2. The Bertz CT molecular complexity index is 1270. The van der Waals surface area contributed by atoms with Crippen LogP contribution < -0.4 is 15.0 Å². The molecule has 0 aromatic heterocycles. The second kappa shape index (κ2) is 16.6. The number of anilines is 1. The molecule has 2 aliphatic rings. The summed E-state index contributed by atoms with van der Waals surface area (Å²) in [5.74, 6) is 1.01. The Kier molecular flexibility index (Phi) is 13.6. The molecule has 0 saturated heterocycles. The number of nitrogens with one attached hydrogen (secondary N) is 1. The maximum Gasteiger partial charge on any atom is 0.290 e. The molecule has 2 aromatic carbocycles. The van der Waals surface area contributed by atoms with E-state index in [1.54, 1.807) is 6.08 Å². The number of carboxylic acid groups (broad SMARTS) is 1. The Balaban J connectivity index is 0.000000436. The first-order valence-corrected chi connectivity index (χ1v) is 14.6. The average molecular weight is 577 g/mol. The molecular weight excluding hydrogens is 528 g/mol. The van der Waals surface area contributed by atoms with Crippen LogP contribution in [0.3, 0.4) is 0 Å². The molecule has 0 bridgehead atoms. The quantitative estimate of drug-likeness (QED) is 0.265.